The average molecular weight is 969 g/mol. The van der Waals surface area contributed by atoms with E-state index in [0.29, 0.717) is 22.5 Å². The molecule has 14 aromatic rings. The van der Waals surface area contributed by atoms with Crippen LogP contribution in [0.15, 0.2) is 224 Å². The van der Waals surface area contributed by atoms with Crippen LogP contribution >= 0.6 is 0 Å². The van der Waals surface area contributed by atoms with E-state index in [1.54, 1.807) is 6.07 Å². The van der Waals surface area contributed by atoms with E-state index in [2.05, 4.69) is 190 Å². The van der Waals surface area contributed by atoms with Crippen LogP contribution in [-0.4, -0.2) is 23.7 Å². The van der Waals surface area contributed by atoms with Gasteiger partial charge in [0.05, 0.1) is 79.4 Å². The summed E-state index contributed by atoms with van der Waals surface area (Å²) in [4.78, 5) is 10.0. The third kappa shape index (κ3) is 7.12. The van der Waals surface area contributed by atoms with Crippen molar-refractivity contribution in [3.8, 4) is 80.3 Å². The minimum absolute atomic E-state index is 0.556. The van der Waals surface area contributed by atoms with Gasteiger partial charge < -0.3 is 13.7 Å². The normalized spacial score (nSPS) is 11.4. The highest BCUT2D eigenvalue weighted by Gasteiger charge is 2.20. The molecule has 8 nitrogen and oxygen atoms in total. The molecule has 0 N–H and O–H groups in total. The smallest absolute Gasteiger partial charge is 0.160 e. The molecule has 0 aliphatic carbocycles. The first kappa shape index (κ1) is 43.9. The number of nitrogens with zero attached hydrogens (tertiary/aromatic N) is 8. The summed E-state index contributed by atoms with van der Waals surface area (Å²) >= 11 is 0. The molecule has 0 unspecified atom stereocenters. The summed E-state index contributed by atoms with van der Waals surface area (Å²) in [5.74, 6) is 0.562. The monoisotopic (exact) mass is 968 g/mol. The summed E-state index contributed by atoms with van der Waals surface area (Å²) in [5, 5.41) is 35.9. The van der Waals surface area contributed by atoms with Crippen LogP contribution in [0.25, 0.3) is 128 Å². The molecule has 76 heavy (non-hydrogen) atoms. The zero-order chi connectivity index (χ0) is 51.0. The first-order valence-corrected chi connectivity index (χ1v) is 25.0. The number of benzene rings is 10. The molecule has 0 aliphatic rings. The van der Waals surface area contributed by atoms with Gasteiger partial charge in [0.1, 0.15) is 0 Å². The second-order valence-electron chi connectivity index (χ2n) is 19.3. The van der Waals surface area contributed by atoms with Gasteiger partial charge in [-0.25, -0.2) is 9.97 Å². The number of aromatic nitrogens is 5. The Balaban J connectivity index is 0.894. The Kier molecular flexibility index (Phi) is 10.1. The van der Waals surface area contributed by atoms with Gasteiger partial charge >= 0.3 is 0 Å². The highest BCUT2D eigenvalue weighted by Crippen LogP contribution is 2.41. The molecule has 4 aromatic heterocycles. The molecule has 14 rings (SSSR count). The van der Waals surface area contributed by atoms with Gasteiger partial charge in [-0.05, 0) is 139 Å². The summed E-state index contributed by atoms with van der Waals surface area (Å²) in [6.45, 7) is 2.08. The van der Waals surface area contributed by atoms with Gasteiger partial charge in [-0.3, -0.25) is 0 Å². The Labute approximate surface area is 436 Å². The molecule has 0 spiro atoms. The van der Waals surface area contributed by atoms with Gasteiger partial charge in [-0.1, -0.05) is 109 Å². The molecule has 4 heterocycles. The molecule has 0 atom stereocenters. The van der Waals surface area contributed by atoms with Crippen LogP contribution < -0.4 is 0 Å². The lowest BCUT2D eigenvalue weighted by Crippen LogP contribution is -1.97. The largest absolute Gasteiger partial charge is 0.309 e. The Morgan fingerprint density at radius 3 is 1.28 bits per heavy atom. The van der Waals surface area contributed by atoms with Crippen LogP contribution in [0.1, 0.15) is 22.3 Å². The molecule has 0 bridgehead atoms. The number of rotatable bonds is 7. The maximum atomic E-state index is 9.91. The molecule has 0 saturated carbocycles. The van der Waals surface area contributed by atoms with Gasteiger partial charge in [0.15, 0.2) is 5.82 Å². The van der Waals surface area contributed by atoms with Crippen LogP contribution in [-0.2, 0) is 0 Å². The van der Waals surface area contributed by atoms with Crippen LogP contribution in [0.4, 0.5) is 0 Å². The predicted octanol–water partition coefficient (Wildman–Crippen LogP) is 16.4. The Bertz CT molecular complexity index is 4730. The lowest BCUT2D eigenvalue weighted by atomic mass is 10.0. The summed E-state index contributed by atoms with van der Waals surface area (Å²) in [5.41, 5.74) is 18.7. The van der Waals surface area contributed by atoms with E-state index in [9.17, 15) is 15.8 Å². The van der Waals surface area contributed by atoms with Gasteiger partial charge in [0, 0.05) is 66.1 Å². The third-order valence-corrected chi connectivity index (χ3v) is 14.8. The molecule has 0 saturated heterocycles. The fraction of sp³-hybridized carbons (Fsp3) is 0.0147. The van der Waals surface area contributed by atoms with E-state index in [4.69, 9.17) is 9.97 Å². The summed E-state index contributed by atoms with van der Waals surface area (Å²) in [7, 11) is 0. The lowest BCUT2D eigenvalue weighted by molar-refractivity contribution is 1.16. The second-order valence-corrected chi connectivity index (χ2v) is 19.3. The second kappa shape index (κ2) is 17.4. The van der Waals surface area contributed by atoms with Crippen LogP contribution in [0.2, 0.25) is 0 Å². The molecular weight excluding hydrogens is 929 g/mol. The molecule has 8 heteroatoms. The van der Waals surface area contributed by atoms with E-state index < -0.39 is 0 Å². The Morgan fingerprint density at radius 1 is 0.303 bits per heavy atom. The van der Waals surface area contributed by atoms with Gasteiger partial charge in [-0.15, -0.1) is 0 Å². The molecular formula is C68H40N8. The van der Waals surface area contributed by atoms with Crippen LogP contribution in [0, 0.1) is 40.9 Å². The van der Waals surface area contributed by atoms with Crippen molar-refractivity contribution < 1.29 is 0 Å². The van der Waals surface area contributed by atoms with Crippen molar-refractivity contribution in [1.29, 1.82) is 15.8 Å². The van der Waals surface area contributed by atoms with Crippen molar-refractivity contribution in [2.24, 2.45) is 0 Å². The van der Waals surface area contributed by atoms with Crippen molar-refractivity contribution in [1.82, 2.24) is 23.7 Å². The fourth-order valence-corrected chi connectivity index (χ4v) is 11.2. The quantitative estimate of drug-likeness (QED) is 0.158. The van der Waals surface area contributed by atoms with Crippen LogP contribution in [0.5, 0.6) is 0 Å². The number of hydrogen-bond acceptors (Lipinski definition) is 5. The Morgan fingerprint density at radius 2 is 0.724 bits per heavy atom. The summed E-state index contributed by atoms with van der Waals surface area (Å²) in [6.07, 6.45) is 0. The van der Waals surface area contributed by atoms with E-state index in [-0.39, 0.29) is 0 Å². The van der Waals surface area contributed by atoms with E-state index in [1.807, 2.05) is 66.7 Å². The Hall–Kier alpha value is -10.9. The first-order chi connectivity index (χ1) is 37.4. The van der Waals surface area contributed by atoms with Gasteiger partial charge in [-0.2, -0.15) is 15.8 Å². The predicted molar refractivity (Wildman–Crippen MR) is 306 cm³/mol. The van der Waals surface area contributed by atoms with E-state index in [0.717, 1.165) is 116 Å². The van der Waals surface area contributed by atoms with Crippen molar-refractivity contribution in [2.75, 3.05) is 0 Å². The van der Waals surface area contributed by atoms with Gasteiger partial charge in [0.2, 0.25) is 0 Å². The van der Waals surface area contributed by atoms with E-state index in [1.165, 1.54) is 10.8 Å². The molecule has 0 aliphatic heterocycles. The minimum atomic E-state index is 0.556. The SMILES string of the molecule is Cc1cccc(-c2cc(-c3ccc(-c4ccc(-n5c6ccc(-n7c8ccccc8c8ccccc87)cc6c6cc(-n7c8ccc(C#N)cc8c8cc(C#N)ccc87)ccc65)cc4)cc3)nc(-c3cccc(C#N)c3)n2)c1. The van der Waals surface area contributed by atoms with Crippen molar-refractivity contribution in [3.63, 3.8) is 0 Å². The summed E-state index contributed by atoms with van der Waals surface area (Å²) in [6, 6.07) is 84.2. The topological polar surface area (TPSA) is 112 Å². The first-order valence-electron chi connectivity index (χ1n) is 25.0. The van der Waals surface area contributed by atoms with Crippen molar-refractivity contribution in [2.45, 2.75) is 6.92 Å². The number of nitriles is 3. The number of fused-ring (bicyclic) bond motifs is 9. The highest BCUT2D eigenvalue weighted by atomic mass is 15.0. The third-order valence-electron chi connectivity index (χ3n) is 14.8. The fourth-order valence-electron chi connectivity index (χ4n) is 11.2. The van der Waals surface area contributed by atoms with Crippen molar-refractivity contribution >= 4 is 65.4 Å². The molecule has 10 aromatic carbocycles. The molecule has 0 radical (unpaired) electrons. The zero-order valence-corrected chi connectivity index (χ0v) is 40.9. The molecule has 352 valence electrons. The van der Waals surface area contributed by atoms with Crippen LogP contribution in [0.3, 0.4) is 0 Å². The number of hydrogen-bond donors (Lipinski definition) is 0. The lowest BCUT2D eigenvalue weighted by Gasteiger charge is -2.12. The number of aryl methyl sites for hydroxylation is 1. The molecule has 0 fully saturated rings. The summed E-state index contributed by atoms with van der Waals surface area (Å²) < 4.78 is 6.96. The standard InChI is InChI=1S/C68H40N8/c1-42-8-6-10-49(32-42)61-38-60(72-68(73-61)50-11-7-9-43(33-50)39-69)48-20-18-46(19-21-48)47-22-24-51(25-23-47)74-66-30-26-52(75-62-14-4-2-12-54(62)55-13-3-5-15-63(55)75)36-58(66)59-37-53(27-31-67(59)74)76-64-28-16-44(40-70)34-56(64)57-35-45(41-71)17-29-65(57)76/h2-38H,1H3. The maximum Gasteiger partial charge on any atom is 0.160 e. The highest BCUT2D eigenvalue weighted by molar-refractivity contribution is 6.14. The number of para-hydroxylation sites is 2. The molecule has 0 amide bonds. The average Bonchev–Trinajstić information content (AvgIpc) is 4.14. The van der Waals surface area contributed by atoms with Gasteiger partial charge in [0.25, 0.3) is 0 Å². The zero-order valence-electron chi connectivity index (χ0n) is 40.9. The maximum absolute atomic E-state index is 9.91. The van der Waals surface area contributed by atoms with Crippen molar-refractivity contribution in [3.05, 3.63) is 247 Å². The minimum Gasteiger partial charge on any atom is -0.309 e. The van der Waals surface area contributed by atoms with E-state index >= 15 is 0 Å².